The molecule has 0 amide bonds. The van der Waals surface area contributed by atoms with Gasteiger partial charge < -0.3 is 14.8 Å². The predicted molar refractivity (Wildman–Crippen MR) is 95.0 cm³/mol. The highest BCUT2D eigenvalue weighted by molar-refractivity contribution is 9.10. The largest absolute Gasteiger partial charge is 0.496 e. The summed E-state index contributed by atoms with van der Waals surface area (Å²) in [6.07, 6.45) is 5.07. The van der Waals surface area contributed by atoms with Crippen molar-refractivity contribution in [2.45, 2.75) is 25.7 Å². The molecule has 0 bridgehead atoms. The molecule has 6 heteroatoms. The minimum Gasteiger partial charge on any atom is -0.496 e. The van der Waals surface area contributed by atoms with Crippen molar-refractivity contribution in [1.82, 2.24) is 4.98 Å². The molecule has 0 spiro atoms. The number of nitrogens with zero attached hydrogens (tertiary/aromatic N) is 1. The van der Waals surface area contributed by atoms with Crippen molar-refractivity contribution in [3.8, 4) is 5.75 Å². The van der Waals surface area contributed by atoms with Crippen LogP contribution in [0.5, 0.6) is 5.75 Å². The fourth-order valence-corrected chi connectivity index (χ4v) is 3.02. The zero-order valence-corrected chi connectivity index (χ0v) is 15.0. The maximum absolute atomic E-state index is 11.0. The molecular formula is C17H21BrN2O3. The number of benzene rings is 1. The number of nitrogens with one attached hydrogen (secondary N) is 1. The molecule has 0 saturated carbocycles. The van der Waals surface area contributed by atoms with Gasteiger partial charge in [0, 0.05) is 29.9 Å². The van der Waals surface area contributed by atoms with Gasteiger partial charge in [0.05, 0.1) is 18.7 Å². The number of ether oxygens (including phenoxy) is 2. The van der Waals surface area contributed by atoms with E-state index in [1.807, 2.05) is 18.2 Å². The maximum Gasteiger partial charge on any atom is 0.305 e. The van der Waals surface area contributed by atoms with Crippen molar-refractivity contribution in [3.05, 3.63) is 28.9 Å². The number of anilines is 1. The summed E-state index contributed by atoms with van der Waals surface area (Å²) in [6, 6.07) is 5.89. The number of fused-ring (bicyclic) bond motifs is 1. The van der Waals surface area contributed by atoms with Gasteiger partial charge in [-0.3, -0.25) is 4.79 Å². The summed E-state index contributed by atoms with van der Waals surface area (Å²) in [5, 5.41) is 5.48. The Morgan fingerprint density at radius 2 is 2.00 bits per heavy atom. The van der Waals surface area contributed by atoms with Crippen LogP contribution in [0.15, 0.2) is 28.9 Å². The Bertz CT molecular complexity index is 676. The van der Waals surface area contributed by atoms with Crippen LogP contribution in [-0.4, -0.2) is 31.7 Å². The standard InChI is InChI=1S/C17H21BrN2O3/c1-22-14-8-7-13-12(16(14)18)9-11-20-17(13)19-10-5-3-4-6-15(21)23-2/h7-9,11H,3-6,10H2,1-2H3,(H,19,20). The lowest BCUT2D eigenvalue weighted by Crippen LogP contribution is -2.05. The molecule has 1 aromatic heterocycles. The molecule has 2 rings (SSSR count). The highest BCUT2D eigenvalue weighted by atomic mass is 79.9. The predicted octanol–water partition coefficient (Wildman–Crippen LogP) is 4.15. The quantitative estimate of drug-likeness (QED) is 0.550. The van der Waals surface area contributed by atoms with Crippen LogP contribution in [0.1, 0.15) is 25.7 Å². The SMILES string of the molecule is COC(=O)CCCCCNc1nccc2c(Br)c(OC)ccc12. The van der Waals surface area contributed by atoms with E-state index in [9.17, 15) is 4.79 Å². The van der Waals surface area contributed by atoms with Crippen LogP contribution in [0, 0.1) is 0 Å². The Morgan fingerprint density at radius 1 is 1.17 bits per heavy atom. The van der Waals surface area contributed by atoms with E-state index < -0.39 is 0 Å². The van der Waals surface area contributed by atoms with E-state index in [4.69, 9.17) is 4.74 Å². The Labute approximate surface area is 144 Å². The molecule has 1 heterocycles. The summed E-state index contributed by atoms with van der Waals surface area (Å²) >= 11 is 3.57. The fraction of sp³-hybridized carbons (Fsp3) is 0.412. The number of halogens is 1. The van der Waals surface area contributed by atoms with Gasteiger partial charge in [0.25, 0.3) is 0 Å². The summed E-state index contributed by atoms with van der Waals surface area (Å²) in [7, 11) is 3.07. The summed E-state index contributed by atoms with van der Waals surface area (Å²) in [5.74, 6) is 1.52. The maximum atomic E-state index is 11.0. The highest BCUT2D eigenvalue weighted by Crippen LogP contribution is 2.35. The van der Waals surface area contributed by atoms with E-state index >= 15 is 0 Å². The molecule has 23 heavy (non-hydrogen) atoms. The molecule has 0 aliphatic heterocycles. The van der Waals surface area contributed by atoms with Crippen molar-refractivity contribution >= 4 is 38.5 Å². The first-order valence-electron chi connectivity index (χ1n) is 7.59. The van der Waals surface area contributed by atoms with Gasteiger partial charge in [-0.25, -0.2) is 4.98 Å². The lowest BCUT2D eigenvalue weighted by atomic mass is 10.1. The summed E-state index contributed by atoms with van der Waals surface area (Å²) in [6.45, 7) is 0.816. The van der Waals surface area contributed by atoms with E-state index in [0.29, 0.717) is 6.42 Å². The number of unbranched alkanes of at least 4 members (excludes halogenated alkanes) is 2. The lowest BCUT2D eigenvalue weighted by molar-refractivity contribution is -0.140. The Morgan fingerprint density at radius 3 is 2.74 bits per heavy atom. The fourth-order valence-electron chi connectivity index (χ4n) is 2.38. The molecule has 2 aromatic rings. The first-order valence-corrected chi connectivity index (χ1v) is 8.38. The third kappa shape index (κ3) is 4.58. The number of methoxy groups -OCH3 is 2. The first kappa shape index (κ1) is 17.5. The van der Waals surface area contributed by atoms with Gasteiger partial charge in [-0.15, -0.1) is 0 Å². The molecule has 0 aliphatic rings. The topological polar surface area (TPSA) is 60.5 Å². The van der Waals surface area contributed by atoms with Gasteiger partial charge in [0.15, 0.2) is 0 Å². The lowest BCUT2D eigenvalue weighted by Gasteiger charge is -2.11. The van der Waals surface area contributed by atoms with Crippen molar-refractivity contribution in [3.63, 3.8) is 0 Å². The summed E-state index contributed by atoms with van der Waals surface area (Å²) < 4.78 is 10.9. The number of carbonyl (C=O) groups excluding carboxylic acids is 1. The Hall–Kier alpha value is -1.82. The molecule has 0 atom stereocenters. The van der Waals surface area contributed by atoms with Crippen molar-refractivity contribution in [2.75, 3.05) is 26.1 Å². The minimum atomic E-state index is -0.146. The van der Waals surface area contributed by atoms with Crippen molar-refractivity contribution in [1.29, 1.82) is 0 Å². The normalized spacial score (nSPS) is 10.6. The molecule has 1 aromatic carbocycles. The van der Waals surface area contributed by atoms with Crippen LogP contribution >= 0.6 is 15.9 Å². The molecule has 0 saturated heterocycles. The van der Waals surface area contributed by atoms with Gasteiger partial charge in [-0.2, -0.15) is 0 Å². The van der Waals surface area contributed by atoms with Crippen LogP contribution in [0.2, 0.25) is 0 Å². The average Bonchev–Trinajstić information content (AvgIpc) is 2.58. The van der Waals surface area contributed by atoms with Crippen molar-refractivity contribution in [2.24, 2.45) is 0 Å². The highest BCUT2D eigenvalue weighted by Gasteiger charge is 2.09. The Balaban J connectivity index is 1.93. The van der Waals surface area contributed by atoms with E-state index in [1.54, 1.807) is 13.3 Å². The van der Waals surface area contributed by atoms with Gasteiger partial charge in [0.2, 0.25) is 0 Å². The number of aromatic nitrogens is 1. The number of hydrogen-bond donors (Lipinski definition) is 1. The average molecular weight is 381 g/mol. The van der Waals surface area contributed by atoms with Gasteiger partial charge >= 0.3 is 5.97 Å². The number of carbonyl (C=O) groups is 1. The molecule has 0 aliphatic carbocycles. The van der Waals surface area contributed by atoms with Crippen LogP contribution < -0.4 is 10.1 Å². The molecule has 5 nitrogen and oxygen atoms in total. The number of rotatable bonds is 8. The zero-order valence-electron chi connectivity index (χ0n) is 13.4. The third-order valence-electron chi connectivity index (χ3n) is 3.64. The third-order valence-corrected chi connectivity index (χ3v) is 4.46. The number of pyridine rings is 1. The van der Waals surface area contributed by atoms with Gasteiger partial charge in [0.1, 0.15) is 11.6 Å². The molecular weight excluding hydrogens is 360 g/mol. The first-order chi connectivity index (χ1) is 11.2. The van der Waals surface area contributed by atoms with Crippen LogP contribution in [-0.2, 0) is 9.53 Å². The van der Waals surface area contributed by atoms with E-state index in [1.165, 1.54) is 7.11 Å². The minimum absolute atomic E-state index is 0.146. The monoisotopic (exact) mass is 380 g/mol. The summed E-state index contributed by atoms with van der Waals surface area (Å²) in [4.78, 5) is 15.4. The molecule has 0 radical (unpaired) electrons. The van der Waals surface area contributed by atoms with Crippen molar-refractivity contribution < 1.29 is 14.3 Å². The van der Waals surface area contributed by atoms with Gasteiger partial charge in [-0.1, -0.05) is 6.42 Å². The molecule has 0 fully saturated rings. The second-order valence-corrected chi connectivity index (χ2v) is 5.94. The summed E-state index contributed by atoms with van der Waals surface area (Å²) in [5.41, 5.74) is 0. The molecule has 0 unspecified atom stereocenters. The number of esters is 1. The van der Waals surface area contributed by atoms with Crippen LogP contribution in [0.4, 0.5) is 5.82 Å². The number of hydrogen-bond acceptors (Lipinski definition) is 5. The second kappa shape index (κ2) is 8.72. The Kier molecular flexibility index (Phi) is 6.65. The van der Waals surface area contributed by atoms with E-state index in [-0.39, 0.29) is 5.97 Å². The smallest absolute Gasteiger partial charge is 0.305 e. The van der Waals surface area contributed by atoms with Crippen LogP contribution in [0.3, 0.4) is 0 Å². The second-order valence-electron chi connectivity index (χ2n) is 5.15. The van der Waals surface area contributed by atoms with Gasteiger partial charge in [-0.05, 0) is 47.0 Å². The van der Waals surface area contributed by atoms with Crippen LogP contribution in [0.25, 0.3) is 10.8 Å². The molecule has 1 N–H and O–H groups in total. The van der Waals surface area contributed by atoms with E-state index in [2.05, 4.69) is 31.0 Å². The van der Waals surface area contributed by atoms with E-state index in [0.717, 1.165) is 52.6 Å². The molecule has 124 valence electrons. The zero-order chi connectivity index (χ0) is 16.7.